The lowest BCUT2D eigenvalue weighted by Gasteiger charge is -2.23. The molecule has 0 saturated heterocycles. The molecule has 8 heteroatoms. The molecule has 124 valence electrons. The summed E-state index contributed by atoms with van der Waals surface area (Å²) in [5, 5.41) is 14.0. The number of amidine groups is 1. The predicted octanol–water partition coefficient (Wildman–Crippen LogP) is 3.37. The molecular formula is C17H12IN5OS. The summed E-state index contributed by atoms with van der Waals surface area (Å²) < 4.78 is -0.597. The molecule has 1 amide bonds. The number of nitrogens with zero attached hydrogens (tertiary/aromatic N) is 3. The number of nitrogens with one attached hydrogen (secondary N) is 1. The summed E-state index contributed by atoms with van der Waals surface area (Å²) in [6.45, 7) is 0. The van der Waals surface area contributed by atoms with Gasteiger partial charge in [0, 0.05) is 11.9 Å². The van der Waals surface area contributed by atoms with E-state index >= 15 is 0 Å². The third kappa shape index (κ3) is 4.00. The van der Waals surface area contributed by atoms with E-state index in [0.717, 1.165) is 5.56 Å². The van der Waals surface area contributed by atoms with Crippen molar-refractivity contribution in [3.8, 4) is 6.07 Å². The van der Waals surface area contributed by atoms with Gasteiger partial charge in [-0.1, -0.05) is 23.9 Å². The Morgan fingerprint density at radius 1 is 1.36 bits per heavy atom. The summed E-state index contributed by atoms with van der Waals surface area (Å²) in [6.07, 6.45) is 3.32. The monoisotopic (exact) mass is 461 g/mol. The molecule has 2 heterocycles. The number of aliphatic imine (C=N–C) groups is 1. The molecule has 0 saturated carbocycles. The number of carbonyl (C=O) groups is 1. The van der Waals surface area contributed by atoms with Gasteiger partial charge < -0.3 is 11.1 Å². The van der Waals surface area contributed by atoms with E-state index in [4.69, 9.17) is 11.0 Å². The molecule has 1 aromatic heterocycles. The van der Waals surface area contributed by atoms with Crippen LogP contribution in [0.2, 0.25) is 0 Å². The van der Waals surface area contributed by atoms with E-state index in [1.807, 2.05) is 35.8 Å². The zero-order valence-electron chi connectivity index (χ0n) is 12.8. The topological polar surface area (TPSA) is 104 Å². The normalized spacial score (nSPS) is 19.0. The van der Waals surface area contributed by atoms with Crippen molar-refractivity contribution in [2.24, 2.45) is 10.7 Å². The number of nitriles is 1. The van der Waals surface area contributed by atoms with Gasteiger partial charge in [-0.25, -0.2) is 9.98 Å². The van der Waals surface area contributed by atoms with Gasteiger partial charge in [0.05, 0.1) is 5.56 Å². The summed E-state index contributed by atoms with van der Waals surface area (Å²) in [5.41, 5.74) is 8.00. The van der Waals surface area contributed by atoms with Gasteiger partial charge >= 0.3 is 0 Å². The van der Waals surface area contributed by atoms with Gasteiger partial charge in [-0.3, -0.25) is 4.79 Å². The minimum atomic E-state index is -0.597. The van der Waals surface area contributed by atoms with E-state index in [9.17, 15) is 4.79 Å². The fraction of sp³-hybridized carbons (Fsp3) is 0.0588. The van der Waals surface area contributed by atoms with Gasteiger partial charge in [0.2, 0.25) is 0 Å². The number of hydrogen-bond donors (Lipinski definition) is 2. The van der Waals surface area contributed by atoms with E-state index in [1.165, 1.54) is 24.0 Å². The van der Waals surface area contributed by atoms with Crippen molar-refractivity contribution in [3.63, 3.8) is 0 Å². The molecule has 1 aliphatic rings. The van der Waals surface area contributed by atoms with Crippen LogP contribution in [0.5, 0.6) is 0 Å². The van der Waals surface area contributed by atoms with Gasteiger partial charge in [0.25, 0.3) is 5.91 Å². The van der Waals surface area contributed by atoms with Crippen LogP contribution in [0, 0.1) is 11.3 Å². The van der Waals surface area contributed by atoms with Gasteiger partial charge in [0.15, 0.2) is 8.71 Å². The minimum Gasteiger partial charge on any atom is -0.378 e. The molecule has 0 aliphatic carbocycles. The van der Waals surface area contributed by atoms with Crippen molar-refractivity contribution in [1.82, 2.24) is 4.98 Å². The molecular weight excluding hydrogens is 449 g/mol. The maximum absolute atomic E-state index is 12.3. The van der Waals surface area contributed by atoms with Crippen LogP contribution in [-0.2, 0) is 3.55 Å². The highest BCUT2D eigenvalue weighted by molar-refractivity contribution is 14.1. The highest BCUT2D eigenvalue weighted by Gasteiger charge is 2.28. The molecule has 0 unspecified atom stereocenters. The molecule has 0 radical (unpaired) electrons. The van der Waals surface area contributed by atoms with Crippen LogP contribution in [-0.4, -0.2) is 16.1 Å². The zero-order chi connectivity index (χ0) is 17.9. The Morgan fingerprint density at radius 2 is 2.20 bits per heavy atom. The van der Waals surface area contributed by atoms with Gasteiger partial charge in [-0.05, 0) is 63.9 Å². The number of rotatable bonds is 3. The van der Waals surface area contributed by atoms with Gasteiger partial charge in [-0.15, -0.1) is 0 Å². The molecule has 1 aliphatic heterocycles. The lowest BCUT2D eigenvalue weighted by molar-refractivity contribution is 0.102. The van der Waals surface area contributed by atoms with E-state index < -0.39 is 3.55 Å². The first kappa shape index (κ1) is 17.4. The highest BCUT2D eigenvalue weighted by atomic mass is 127. The van der Waals surface area contributed by atoms with E-state index in [2.05, 4.69) is 37.9 Å². The Kier molecular flexibility index (Phi) is 5.06. The van der Waals surface area contributed by atoms with Crippen molar-refractivity contribution in [1.29, 1.82) is 5.26 Å². The molecule has 1 aromatic carbocycles. The standard InChI is InChI=1S/C17H12IN5OS/c18-17(6-7-25-16(20)23-17)12-2-1-3-13(8-12)22-15(24)14-5-4-11(9-19)10-21-14/h1-8,10H,(H2,20,23)(H,22,24)/t17-/m0/s1. The second-order valence-electron chi connectivity index (χ2n) is 5.12. The first-order chi connectivity index (χ1) is 12.0. The average Bonchev–Trinajstić information content (AvgIpc) is 2.62. The second-order valence-corrected chi connectivity index (χ2v) is 7.69. The van der Waals surface area contributed by atoms with Crippen LogP contribution >= 0.6 is 34.4 Å². The van der Waals surface area contributed by atoms with E-state index in [1.54, 1.807) is 12.1 Å². The number of thioether (sulfide) groups is 1. The number of nitrogens with two attached hydrogens (primary N) is 1. The summed E-state index contributed by atoms with van der Waals surface area (Å²) in [7, 11) is 0. The van der Waals surface area contributed by atoms with Crippen molar-refractivity contribution in [2.75, 3.05) is 5.32 Å². The Bertz CT molecular complexity index is 919. The largest absolute Gasteiger partial charge is 0.378 e. The number of amides is 1. The number of alkyl halides is 1. The number of anilines is 1. The SMILES string of the molecule is N#Cc1ccc(C(=O)Nc2cccc([C@]3(I)C=CSC(N)=N3)c2)nc1. The van der Waals surface area contributed by atoms with Crippen molar-refractivity contribution in [2.45, 2.75) is 3.55 Å². The predicted molar refractivity (Wildman–Crippen MR) is 107 cm³/mol. The molecule has 3 rings (SSSR count). The number of hydrogen-bond acceptors (Lipinski definition) is 6. The molecule has 0 bridgehead atoms. The van der Waals surface area contributed by atoms with E-state index in [0.29, 0.717) is 16.4 Å². The number of benzene rings is 1. The fourth-order valence-corrected chi connectivity index (χ4v) is 3.97. The van der Waals surface area contributed by atoms with Crippen molar-refractivity contribution < 1.29 is 4.79 Å². The van der Waals surface area contributed by atoms with Crippen LogP contribution in [0.25, 0.3) is 0 Å². The van der Waals surface area contributed by atoms with Crippen molar-refractivity contribution in [3.05, 3.63) is 70.9 Å². The third-order valence-corrected chi connectivity index (χ3v) is 5.23. The van der Waals surface area contributed by atoms with Crippen molar-refractivity contribution >= 4 is 51.1 Å². The molecule has 3 N–H and O–H groups in total. The second kappa shape index (κ2) is 7.25. The minimum absolute atomic E-state index is 0.241. The molecule has 2 aromatic rings. The van der Waals surface area contributed by atoms with Crippen LogP contribution < -0.4 is 11.1 Å². The van der Waals surface area contributed by atoms with Crippen LogP contribution in [0.4, 0.5) is 5.69 Å². The quantitative estimate of drug-likeness (QED) is 0.415. The number of aromatic nitrogens is 1. The van der Waals surface area contributed by atoms with Gasteiger partial charge in [-0.2, -0.15) is 5.26 Å². The summed E-state index contributed by atoms with van der Waals surface area (Å²) in [5.74, 6) is -0.345. The van der Waals surface area contributed by atoms with Crippen LogP contribution in [0.3, 0.4) is 0 Å². The lowest BCUT2D eigenvalue weighted by atomic mass is 10.1. The summed E-state index contributed by atoms with van der Waals surface area (Å²) >= 11 is 3.59. The molecule has 6 nitrogen and oxygen atoms in total. The Morgan fingerprint density at radius 3 is 2.88 bits per heavy atom. The maximum Gasteiger partial charge on any atom is 0.274 e. The average molecular weight is 461 g/mol. The maximum atomic E-state index is 12.3. The lowest BCUT2D eigenvalue weighted by Crippen LogP contribution is -2.21. The number of pyridine rings is 1. The highest BCUT2D eigenvalue weighted by Crippen LogP contribution is 2.39. The molecule has 1 atom stereocenters. The zero-order valence-corrected chi connectivity index (χ0v) is 15.8. The molecule has 0 spiro atoms. The van der Waals surface area contributed by atoms with E-state index in [-0.39, 0.29) is 11.6 Å². The molecule has 0 fully saturated rings. The Hall–Kier alpha value is -2.38. The van der Waals surface area contributed by atoms with Crippen LogP contribution in [0.1, 0.15) is 21.6 Å². The first-order valence-corrected chi connectivity index (χ1v) is 9.13. The fourth-order valence-electron chi connectivity index (χ4n) is 2.18. The third-order valence-electron chi connectivity index (χ3n) is 3.40. The van der Waals surface area contributed by atoms with Crippen LogP contribution in [0.15, 0.2) is 59.1 Å². The first-order valence-electron chi connectivity index (χ1n) is 7.17. The van der Waals surface area contributed by atoms with Gasteiger partial charge in [0.1, 0.15) is 11.8 Å². The number of halogens is 1. The smallest absolute Gasteiger partial charge is 0.274 e. The summed E-state index contributed by atoms with van der Waals surface area (Å²) in [4.78, 5) is 20.8. The molecule has 25 heavy (non-hydrogen) atoms. The Balaban J connectivity index is 1.82. The Labute approximate surface area is 162 Å². The number of carbonyl (C=O) groups excluding carboxylic acids is 1. The summed E-state index contributed by atoms with van der Waals surface area (Å²) in [6, 6.07) is 12.5.